The van der Waals surface area contributed by atoms with Gasteiger partial charge in [-0.2, -0.15) is 0 Å². The number of ether oxygens (including phenoxy) is 3. The van der Waals surface area contributed by atoms with Crippen molar-refractivity contribution in [3.05, 3.63) is 42.0 Å². The quantitative estimate of drug-likeness (QED) is 0.921. The van der Waals surface area contributed by atoms with E-state index in [1.54, 1.807) is 14.2 Å². The van der Waals surface area contributed by atoms with Gasteiger partial charge in [-0.3, -0.25) is 0 Å². The first-order valence-electron chi connectivity index (χ1n) is 7.42. The molecule has 0 fully saturated rings. The van der Waals surface area contributed by atoms with Crippen LogP contribution in [0.15, 0.2) is 36.4 Å². The van der Waals surface area contributed by atoms with E-state index in [2.05, 4.69) is 11.4 Å². The summed E-state index contributed by atoms with van der Waals surface area (Å²) in [5.41, 5.74) is 3.22. The predicted octanol–water partition coefficient (Wildman–Crippen LogP) is 2.89. The van der Waals surface area contributed by atoms with Gasteiger partial charge in [0.2, 0.25) is 0 Å². The average Bonchev–Trinajstić information content (AvgIpc) is 2.96. The van der Waals surface area contributed by atoms with E-state index in [1.165, 1.54) is 5.56 Å². The summed E-state index contributed by atoms with van der Waals surface area (Å²) in [7, 11) is 5.31. The molecule has 22 heavy (non-hydrogen) atoms. The number of benzene rings is 2. The normalized spacial score (nSPS) is 16.0. The first-order chi connectivity index (χ1) is 10.8. The maximum absolute atomic E-state index is 6.16. The van der Waals surface area contributed by atoms with Crippen LogP contribution in [0.2, 0.25) is 0 Å². The van der Waals surface area contributed by atoms with Crippen molar-refractivity contribution in [1.82, 2.24) is 5.32 Å². The predicted molar refractivity (Wildman–Crippen MR) is 87.0 cm³/mol. The second-order valence-corrected chi connectivity index (χ2v) is 5.37. The lowest BCUT2D eigenvalue weighted by Gasteiger charge is -2.15. The molecule has 3 rings (SSSR count). The minimum atomic E-state index is 0.153. The van der Waals surface area contributed by atoms with E-state index in [-0.39, 0.29) is 6.10 Å². The van der Waals surface area contributed by atoms with Crippen LogP contribution in [-0.2, 0) is 6.42 Å². The van der Waals surface area contributed by atoms with Crippen molar-refractivity contribution < 1.29 is 14.2 Å². The molecule has 2 aromatic carbocycles. The smallest absolute Gasteiger partial charge is 0.131 e. The molecule has 4 nitrogen and oxygen atoms in total. The average molecular weight is 299 g/mol. The molecular formula is C18H21NO3. The van der Waals surface area contributed by atoms with Gasteiger partial charge in [-0.25, -0.2) is 0 Å². The molecule has 1 unspecified atom stereocenters. The van der Waals surface area contributed by atoms with E-state index in [0.717, 1.165) is 41.3 Å². The summed E-state index contributed by atoms with van der Waals surface area (Å²) in [6.45, 7) is 0.822. The maximum Gasteiger partial charge on any atom is 0.131 e. The third-order valence-corrected chi connectivity index (χ3v) is 3.94. The number of likely N-dealkylation sites (N-methyl/N-ethyl adjacent to an activating group) is 1. The Morgan fingerprint density at radius 3 is 2.68 bits per heavy atom. The van der Waals surface area contributed by atoms with Gasteiger partial charge in [0, 0.05) is 29.7 Å². The molecule has 1 N–H and O–H groups in total. The first kappa shape index (κ1) is 14.7. The fourth-order valence-electron chi connectivity index (χ4n) is 2.93. The molecule has 2 aromatic rings. The SMILES string of the molecule is CNCC1Cc2cc(OC)cc(-c3ccccc3OC)c2O1. The number of para-hydroxylation sites is 1. The van der Waals surface area contributed by atoms with Crippen molar-refractivity contribution in [1.29, 1.82) is 0 Å². The van der Waals surface area contributed by atoms with Gasteiger partial charge in [0.15, 0.2) is 0 Å². The molecule has 0 radical (unpaired) electrons. The highest BCUT2D eigenvalue weighted by Gasteiger charge is 2.27. The van der Waals surface area contributed by atoms with Crippen LogP contribution < -0.4 is 19.5 Å². The Labute approximate surface area is 131 Å². The van der Waals surface area contributed by atoms with E-state index in [4.69, 9.17) is 14.2 Å². The fourth-order valence-corrected chi connectivity index (χ4v) is 2.93. The lowest BCUT2D eigenvalue weighted by atomic mass is 9.99. The summed E-state index contributed by atoms with van der Waals surface area (Å²) in [5.74, 6) is 2.61. The van der Waals surface area contributed by atoms with Crippen molar-refractivity contribution in [3.63, 3.8) is 0 Å². The van der Waals surface area contributed by atoms with Crippen molar-refractivity contribution in [2.45, 2.75) is 12.5 Å². The van der Waals surface area contributed by atoms with Crippen molar-refractivity contribution in [2.24, 2.45) is 0 Å². The van der Waals surface area contributed by atoms with Gasteiger partial charge >= 0.3 is 0 Å². The highest BCUT2D eigenvalue weighted by Crippen LogP contribution is 2.44. The van der Waals surface area contributed by atoms with Gasteiger partial charge in [0.1, 0.15) is 23.4 Å². The van der Waals surface area contributed by atoms with E-state index >= 15 is 0 Å². The highest BCUT2D eigenvalue weighted by atomic mass is 16.5. The Morgan fingerprint density at radius 2 is 1.95 bits per heavy atom. The molecule has 0 saturated heterocycles. The van der Waals surface area contributed by atoms with Crippen LogP contribution in [0.3, 0.4) is 0 Å². The Balaban J connectivity index is 2.10. The summed E-state index contributed by atoms with van der Waals surface area (Å²) in [5, 5.41) is 3.17. The zero-order chi connectivity index (χ0) is 15.5. The van der Waals surface area contributed by atoms with Gasteiger partial charge in [-0.15, -0.1) is 0 Å². The first-order valence-corrected chi connectivity index (χ1v) is 7.42. The van der Waals surface area contributed by atoms with Crippen molar-refractivity contribution >= 4 is 0 Å². The summed E-state index contributed by atoms with van der Waals surface area (Å²) in [4.78, 5) is 0. The van der Waals surface area contributed by atoms with Crippen LogP contribution in [-0.4, -0.2) is 33.9 Å². The van der Waals surface area contributed by atoms with Gasteiger partial charge in [-0.1, -0.05) is 18.2 Å². The highest BCUT2D eigenvalue weighted by molar-refractivity contribution is 5.79. The Morgan fingerprint density at radius 1 is 1.14 bits per heavy atom. The molecular weight excluding hydrogens is 278 g/mol. The molecule has 0 bridgehead atoms. The lowest BCUT2D eigenvalue weighted by molar-refractivity contribution is 0.232. The third kappa shape index (κ3) is 2.62. The minimum Gasteiger partial charge on any atom is -0.497 e. The molecule has 4 heteroatoms. The largest absolute Gasteiger partial charge is 0.497 e. The molecule has 0 spiro atoms. The van der Waals surface area contributed by atoms with Gasteiger partial charge in [0.05, 0.1) is 14.2 Å². The lowest BCUT2D eigenvalue weighted by Crippen LogP contribution is -2.27. The minimum absolute atomic E-state index is 0.153. The molecule has 0 aliphatic carbocycles. The maximum atomic E-state index is 6.16. The second-order valence-electron chi connectivity index (χ2n) is 5.37. The van der Waals surface area contributed by atoms with Crippen LogP contribution in [0.1, 0.15) is 5.56 Å². The van der Waals surface area contributed by atoms with Gasteiger partial charge < -0.3 is 19.5 Å². The van der Waals surface area contributed by atoms with Crippen molar-refractivity contribution in [2.75, 3.05) is 27.8 Å². The number of hydrogen-bond acceptors (Lipinski definition) is 4. The third-order valence-electron chi connectivity index (χ3n) is 3.94. The Hall–Kier alpha value is -2.20. The van der Waals surface area contributed by atoms with Crippen LogP contribution >= 0.6 is 0 Å². The molecule has 0 saturated carbocycles. The second kappa shape index (κ2) is 6.28. The number of hydrogen-bond donors (Lipinski definition) is 1. The van der Waals surface area contributed by atoms with E-state index in [9.17, 15) is 0 Å². The number of fused-ring (bicyclic) bond motifs is 1. The van der Waals surface area contributed by atoms with E-state index in [1.807, 2.05) is 37.4 Å². The number of rotatable bonds is 5. The Kier molecular flexibility index (Phi) is 4.20. The molecule has 1 aliphatic heterocycles. The van der Waals surface area contributed by atoms with E-state index < -0.39 is 0 Å². The van der Waals surface area contributed by atoms with Gasteiger partial charge in [-0.05, 0) is 25.2 Å². The Bertz CT molecular complexity index is 669. The molecule has 1 aliphatic rings. The monoisotopic (exact) mass is 299 g/mol. The van der Waals surface area contributed by atoms with Crippen molar-refractivity contribution in [3.8, 4) is 28.4 Å². The molecule has 1 heterocycles. The van der Waals surface area contributed by atoms with Crippen LogP contribution in [0.4, 0.5) is 0 Å². The van der Waals surface area contributed by atoms with Crippen LogP contribution in [0, 0.1) is 0 Å². The van der Waals surface area contributed by atoms with Crippen LogP contribution in [0.5, 0.6) is 17.2 Å². The number of nitrogens with one attached hydrogen (secondary N) is 1. The standard InChI is InChI=1S/C18H21NO3/c1-19-11-14-9-12-8-13(20-2)10-16(18(12)22-14)15-6-4-5-7-17(15)21-3/h4-8,10,14,19H,9,11H2,1-3H3. The summed E-state index contributed by atoms with van der Waals surface area (Å²) >= 11 is 0. The zero-order valence-electron chi connectivity index (χ0n) is 13.2. The molecule has 1 atom stereocenters. The van der Waals surface area contributed by atoms with Gasteiger partial charge in [0.25, 0.3) is 0 Å². The van der Waals surface area contributed by atoms with E-state index in [0.29, 0.717) is 0 Å². The molecule has 0 amide bonds. The summed E-state index contributed by atoms with van der Waals surface area (Å²) in [6, 6.07) is 12.0. The summed E-state index contributed by atoms with van der Waals surface area (Å²) in [6.07, 6.45) is 1.04. The van der Waals surface area contributed by atoms with Crippen LogP contribution in [0.25, 0.3) is 11.1 Å². The topological polar surface area (TPSA) is 39.7 Å². The summed E-state index contributed by atoms with van der Waals surface area (Å²) < 4.78 is 17.1. The number of methoxy groups -OCH3 is 2. The molecule has 0 aromatic heterocycles. The molecule has 116 valence electrons. The fraction of sp³-hybridized carbons (Fsp3) is 0.333. The zero-order valence-corrected chi connectivity index (χ0v) is 13.2.